The Kier molecular flexibility index (Phi) is 5.26. The van der Waals surface area contributed by atoms with Gasteiger partial charge in [0.25, 0.3) is 0 Å². The Morgan fingerprint density at radius 2 is 2.24 bits per heavy atom. The van der Waals surface area contributed by atoms with E-state index in [-0.39, 0.29) is 12.5 Å². The van der Waals surface area contributed by atoms with Gasteiger partial charge >= 0.3 is 5.97 Å². The van der Waals surface area contributed by atoms with Crippen LogP contribution in [0.3, 0.4) is 0 Å². The molecule has 0 aliphatic rings. The van der Waals surface area contributed by atoms with Crippen molar-refractivity contribution in [2.45, 2.75) is 20.3 Å². The van der Waals surface area contributed by atoms with Crippen LogP contribution >= 0.6 is 0 Å². The summed E-state index contributed by atoms with van der Waals surface area (Å²) in [5, 5.41) is 0. The number of rotatable bonds is 6. The highest BCUT2D eigenvalue weighted by atomic mass is 16.5. The minimum Gasteiger partial charge on any atom is -0.465 e. The first kappa shape index (κ1) is 13.3. The summed E-state index contributed by atoms with van der Waals surface area (Å²) in [6.45, 7) is 5.18. The Morgan fingerprint density at radius 3 is 2.82 bits per heavy atom. The van der Waals surface area contributed by atoms with E-state index < -0.39 is 0 Å². The van der Waals surface area contributed by atoms with Crippen molar-refractivity contribution in [1.82, 2.24) is 4.98 Å². The van der Waals surface area contributed by atoms with Crippen molar-refractivity contribution >= 4 is 17.6 Å². The summed E-state index contributed by atoms with van der Waals surface area (Å²) >= 11 is 0. The largest absolute Gasteiger partial charge is 0.465 e. The zero-order chi connectivity index (χ0) is 12.7. The smallest absolute Gasteiger partial charge is 0.325 e. The molecule has 5 heteroatoms. The summed E-state index contributed by atoms with van der Waals surface area (Å²) in [5.41, 5.74) is 5.63. The van der Waals surface area contributed by atoms with E-state index in [1.165, 1.54) is 0 Å². The molecule has 0 spiro atoms. The van der Waals surface area contributed by atoms with E-state index >= 15 is 0 Å². The lowest BCUT2D eigenvalue weighted by atomic mass is 10.3. The lowest BCUT2D eigenvalue weighted by Gasteiger charge is -2.22. The lowest BCUT2D eigenvalue weighted by molar-refractivity contribution is -0.141. The SMILES string of the molecule is CCCN(CC(=O)OCC)c1cccc(N)n1. The number of ether oxygens (including phenoxy) is 1. The molecule has 0 saturated carbocycles. The van der Waals surface area contributed by atoms with E-state index in [0.717, 1.165) is 13.0 Å². The van der Waals surface area contributed by atoms with Gasteiger partial charge in [0.1, 0.15) is 18.2 Å². The fraction of sp³-hybridized carbons (Fsp3) is 0.500. The fourth-order valence-electron chi connectivity index (χ4n) is 1.52. The van der Waals surface area contributed by atoms with Crippen LogP contribution in [0.15, 0.2) is 18.2 Å². The van der Waals surface area contributed by atoms with Crippen LogP contribution in [0.1, 0.15) is 20.3 Å². The maximum Gasteiger partial charge on any atom is 0.325 e. The number of anilines is 2. The first-order chi connectivity index (χ1) is 8.17. The minimum atomic E-state index is -0.245. The van der Waals surface area contributed by atoms with Crippen molar-refractivity contribution in [3.05, 3.63) is 18.2 Å². The Hall–Kier alpha value is -1.78. The second kappa shape index (κ2) is 6.73. The number of pyridine rings is 1. The number of esters is 1. The van der Waals surface area contributed by atoms with Crippen molar-refractivity contribution in [2.24, 2.45) is 0 Å². The third kappa shape index (κ3) is 4.30. The molecule has 1 heterocycles. The van der Waals surface area contributed by atoms with Crippen molar-refractivity contribution in [3.63, 3.8) is 0 Å². The molecule has 0 aliphatic carbocycles. The van der Waals surface area contributed by atoms with E-state index in [2.05, 4.69) is 4.98 Å². The predicted molar refractivity (Wildman–Crippen MR) is 67.8 cm³/mol. The number of hydrogen-bond donors (Lipinski definition) is 1. The van der Waals surface area contributed by atoms with Gasteiger partial charge in [-0.2, -0.15) is 0 Å². The zero-order valence-electron chi connectivity index (χ0n) is 10.3. The lowest BCUT2D eigenvalue weighted by Crippen LogP contribution is -2.32. The molecule has 0 fully saturated rings. The van der Waals surface area contributed by atoms with Gasteiger partial charge in [-0.15, -0.1) is 0 Å². The maximum absolute atomic E-state index is 11.5. The van der Waals surface area contributed by atoms with Crippen molar-refractivity contribution in [1.29, 1.82) is 0 Å². The highest BCUT2D eigenvalue weighted by molar-refractivity contribution is 5.75. The molecule has 1 aromatic heterocycles. The van der Waals surface area contributed by atoms with Crippen LogP contribution in [-0.4, -0.2) is 30.6 Å². The molecule has 5 nitrogen and oxygen atoms in total. The summed E-state index contributed by atoms with van der Waals surface area (Å²) in [7, 11) is 0. The van der Waals surface area contributed by atoms with E-state index in [9.17, 15) is 4.79 Å². The van der Waals surface area contributed by atoms with Crippen LogP contribution in [0.2, 0.25) is 0 Å². The zero-order valence-corrected chi connectivity index (χ0v) is 10.3. The number of nitrogens with two attached hydrogens (primary N) is 1. The first-order valence-electron chi connectivity index (χ1n) is 5.80. The molecule has 0 atom stereocenters. The molecule has 1 rings (SSSR count). The Balaban J connectivity index is 2.74. The normalized spacial score (nSPS) is 10.0. The molecule has 0 amide bonds. The van der Waals surface area contributed by atoms with E-state index in [1.807, 2.05) is 24.0 Å². The van der Waals surface area contributed by atoms with Gasteiger partial charge < -0.3 is 15.4 Å². The van der Waals surface area contributed by atoms with Crippen molar-refractivity contribution in [2.75, 3.05) is 30.3 Å². The van der Waals surface area contributed by atoms with Gasteiger partial charge in [-0.25, -0.2) is 4.98 Å². The summed E-state index contributed by atoms with van der Waals surface area (Å²) in [6, 6.07) is 5.38. The van der Waals surface area contributed by atoms with Crippen molar-refractivity contribution in [3.8, 4) is 0 Å². The van der Waals surface area contributed by atoms with Gasteiger partial charge in [-0.05, 0) is 25.5 Å². The number of carbonyl (C=O) groups excluding carboxylic acids is 1. The average molecular weight is 237 g/mol. The number of nitrogens with zero attached hydrogens (tertiary/aromatic N) is 2. The molecular weight excluding hydrogens is 218 g/mol. The van der Waals surface area contributed by atoms with Crippen LogP contribution in [0.25, 0.3) is 0 Å². The van der Waals surface area contributed by atoms with Gasteiger partial charge in [0.05, 0.1) is 6.61 Å². The number of hydrogen-bond acceptors (Lipinski definition) is 5. The van der Waals surface area contributed by atoms with Gasteiger partial charge in [0.15, 0.2) is 0 Å². The van der Waals surface area contributed by atoms with Crippen LogP contribution in [-0.2, 0) is 9.53 Å². The molecule has 0 bridgehead atoms. The van der Waals surface area contributed by atoms with E-state index in [0.29, 0.717) is 18.2 Å². The van der Waals surface area contributed by atoms with Gasteiger partial charge in [0, 0.05) is 6.54 Å². The second-order valence-corrected chi connectivity index (χ2v) is 3.65. The predicted octanol–water partition coefficient (Wildman–Crippen LogP) is 1.44. The number of nitrogen functional groups attached to an aromatic ring is 1. The Morgan fingerprint density at radius 1 is 1.47 bits per heavy atom. The molecule has 0 saturated heterocycles. The molecule has 0 unspecified atom stereocenters. The molecule has 0 aliphatic heterocycles. The first-order valence-corrected chi connectivity index (χ1v) is 5.80. The average Bonchev–Trinajstić information content (AvgIpc) is 2.29. The van der Waals surface area contributed by atoms with Gasteiger partial charge in [-0.1, -0.05) is 13.0 Å². The third-order valence-corrected chi connectivity index (χ3v) is 2.20. The molecule has 0 radical (unpaired) electrons. The van der Waals surface area contributed by atoms with Crippen LogP contribution in [0.5, 0.6) is 0 Å². The molecule has 2 N–H and O–H groups in total. The molecule has 0 aromatic carbocycles. The molecule has 1 aromatic rings. The highest BCUT2D eigenvalue weighted by Gasteiger charge is 2.12. The van der Waals surface area contributed by atoms with E-state index in [1.54, 1.807) is 13.0 Å². The van der Waals surface area contributed by atoms with Crippen LogP contribution < -0.4 is 10.6 Å². The summed E-state index contributed by atoms with van der Waals surface area (Å²) in [6.07, 6.45) is 0.926. The minimum absolute atomic E-state index is 0.206. The van der Waals surface area contributed by atoms with Crippen molar-refractivity contribution < 1.29 is 9.53 Å². The topological polar surface area (TPSA) is 68.5 Å². The van der Waals surface area contributed by atoms with Crippen LogP contribution in [0.4, 0.5) is 11.6 Å². The van der Waals surface area contributed by atoms with E-state index in [4.69, 9.17) is 10.5 Å². The third-order valence-electron chi connectivity index (χ3n) is 2.20. The summed E-state index contributed by atoms with van der Waals surface area (Å²) < 4.78 is 4.93. The summed E-state index contributed by atoms with van der Waals surface area (Å²) in [5.74, 6) is 0.914. The Labute approximate surface area is 102 Å². The molecule has 17 heavy (non-hydrogen) atoms. The second-order valence-electron chi connectivity index (χ2n) is 3.65. The molecular formula is C12H19N3O2. The molecule has 94 valence electrons. The Bertz CT molecular complexity index is 369. The highest BCUT2D eigenvalue weighted by Crippen LogP contribution is 2.12. The maximum atomic E-state index is 11.5. The van der Waals surface area contributed by atoms with Gasteiger partial charge in [0.2, 0.25) is 0 Å². The van der Waals surface area contributed by atoms with Gasteiger partial charge in [-0.3, -0.25) is 4.79 Å². The van der Waals surface area contributed by atoms with Crippen LogP contribution in [0, 0.1) is 0 Å². The number of carbonyl (C=O) groups is 1. The quantitative estimate of drug-likeness (QED) is 0.758. The number of aromatic nitrogens is 1. The standard InChI is InChI=1S/C12H19N3O2/c1-3-8-15(9-12(16)17-4-2)11-7-5-6-10(13)14-11/h5-7H,3-4,8-9H2,1-2H3,(H2,13,14). The monoisotopic (exact) mass is 237 g/mol. The summed E-state index contributed by atoms with van der Waals surface area (Å²) in [4.78, 5) is 17.5. The fourth-order valence-corrected chi connectivity index (χ4v) is 1.52.